The molecule has 1 atom stereocenters. The largest absolute Gasteiger partial charge is 0.348 e. The first kappa shape index (κ1) is 21.9. The molecule has 0 radical (unpaired) electrons. The summed E-state index contributed by atoms with van der Waals surface area (Å²) in [6.07, 6.45) is 0.985. The number of alkyl halides is 2. The lowest BCUT2D eigenvalue weighted by Crippen LogP contribution is -2.49. The van der Waals surface area contributed by atoms with Gasteiger partial charge in [-0.25, -0.2) is 8.78 Å². The highest BCUT2D eigenvalue weighted by Gasteiger charge is 2.36. The van der Waals surface area contributed by atoms with Gasteiger partial charge in [-0.3, -0.25) is 9.59 Å². The van der Waals surface area contributed by atoms with E-state index in [4.69, 9.17) is 28.9 Å². The lowest BCUT2D eigenvalue weighted by atomic mass is 10.1. The summed E-state index contributed by atoms with van der Waals surface area (Å²) in [6, 6.07) is 3.64. The van der Waals surface area contributed by atoms with Crippen LogP contribution in [0.5, 0.6) is 0 Å². The second-order valence-corrected chi connectivity index (χ2v) is 6.40. The van der Waals surface area contributed by atoms with Gasteiger partial charge in [0.25, 0.3) is 11.8 Å². The third-order valence-corrected chi connectivity index (χ3v) is 4.36. The Hall–Kier alpha value is -1.15. The fourth-order valence-electron chi connectivity index (χ4n) is 2.50. The van der Waals surface area contributed by atoms with E-state index in [9.17, 15) is 18.4 Å². The Balaban J connectivity index is 0.00000312. The van der Waals surface area contributed by atoms with Gasteiger partial charge in [0.05, 0.1) is 23.7 Å². The predicted octanol–water partition coefficient (Wildman–Crippen LogP) is 2.73. The highest BCUT2D eigenvalue weighted by molar-refractivity contribution is 6.35. The van der Waals surface area contributed by atoms with E-state index in [0.29, 0.717) is 24.4 Å². The molecule has 25 heavy (non-hydrogen) atoms. The Morgan fingerprint density at radius 3 is 2.68 bits per heavy atom. The first-order valence-electron chi connectivity index (χ1n) is 7.37. The van der Waals surface area contributed by atoms with Gasteiger partial charge in [0.15, 0.2) is 0 Å². The van der Waals surface area contributed by atoms with Crippen molar-refractivity contribution < 1.29 is 18.4 Å². The maximum absolute atomic E-state index is 13.2. The lowest BCUT2D eigenvalue weighted by molar-refractivity contribution is -0.126. The van der Waals surface area contributed by atoms with Crippen LogP contribution in [-0.4, -0.2) is 48.3 Å². The van der Waals surface area contributed by atoms with Crippen molar-refractivity contribution in [2.24, 2.45) is 5.73 Å². The third-order valence-electron chi connectivity index (χ3n) is 3.80. The number of benzene rings is 1. The molecule has 2 rings (SSSR count). The first-order chi connectivity index (χ1) is 11.2. The van der Waals surface area contributed by atoms with Gasteiger partial charge in [0, 0.05) is 11.6 Å². The summed E-state index contributed by atoms with van der Waals surface area (Å²) in [5, 5.41) is 2.71. The number of nitrogens with two attached hydrogens (primary N) is 1. The molecule has 5 nitrogen and oxygen atoms in total. The summed E-state index contributed by atoms with van der Waals surface area (Å²) in [6.45, 7) is -1.38. The number of hydrogen-bond acceptors (Lipinski definition) is 3. The molecule has 3 N–H and O–H groups in total. The van der Waals surface area contributed by atoms with Crippen LogP contribution >= 0.6 is 35.6 Å². The average Bonchev–Trinajstić information content (AvgIpc) is 3.04. The molecular formula is C15H18Cl3F2N3O2. The van der Waals surface area contributed by atoms with Gasteiger partial charge in [-0.2, -0.15) is 0 Å². The van der Waals surface area contributed by atoms with Crippen LogP contribution < -0.4 is 11.1 Å². The topological polar surface area (TPSA) is 75.4 Å². The molecule has 1 aromatic carbocycles. The standard InChI is InChI=1S/C15H17Cl2F2N3O2.ClH/c16-9-3-4-11(17)10(6-9)14(24)22-5-1-2-12(22)13(23)21-8-15(18,19)7-20;/h3-4,6,12H,1-2,5,7-8,20H2,(H,21,23);1H. The second-order valence-electron chi connectivity index (χ2n) is 5.56. The molecule has 2 amide bonds. The van der Waals surface area contributed by atoms with Crippen molar-refractivity contribution in [3.8, 4) is 0 Å². The number of halogens is 5. The lowest BCUT2D eigenvalue weighted by Gasteiger charge is -2.25. The Morgan fingerprint density at radius 1 is 1.36 bits per heavy atom. The summed E-state index contributed by atoms with van der Waals surface area (Å²) in [5.74, 6) is -4.27. The highest BCUT2D eigenvalue weighted by Crippen LogP contribution is 2.26. The number of likely N-dealkylation sites (tertiary alicyclic amines) is 1. The maximum Gasteiger partial charge on any atom is 0.277 e. The Morgan fingerprint density at radius 2 is 2.04 bits per heavy atom. The third kappa shape index (κ3) is 5.41. The van der Waals surface area contributed by atoms with Crippen molar-refractivity contribution in [1.29, 1.82) is 0 Å². The number of nitrogens with zero attached hydrogens (tertiary/aromatic N) is 1. The molecule has 1 unspecified atom stereocenters. The van der Waals surface area contributed by atoms with Crippen LogP contribution in [0.4, 0.5) is 8.78 Å². The fraction of sp³-hybridized carbons (Fsp3) is 0.467. The SMILES string of the molecule is Cl.NCC(F)(F)CNC(=O)C1CCCN1C(=O)c1cc(Cl)ccc1Cl. The number of carbonyl (C=O) groups excluding carboxylic acids is 2. The molecule has 1 aliphatic rings. The summed E-state index contributed by atoms with van der Waals surface area (Å²) in [7, 11) is 0. The van der Waals surface area contributed by atoms with Crippen molar-refractivity contribution >= 4 is 47.4 Å². The van der Waals surface area contributed by atoms with E-state index in [1.807, 2.05) is 0 Å². The van der Waals surface area contributed by atoms with Crippen LogP contribution in [0, 0.1) is 0 Å². The predicted molar refractivity (Wildman–Crippen MR) is 94.8 cm³/mol. The van der Waals surface area contributed by atoms with Crippen LogP contribution in [0.15, 0.2) is 18.2 Å². The van der Waals surface area contributed by atoms with Gasteiger partial charge < -0.3 is 16.0 Å². The summed E-state index contributed by atoms with van der Waals surface area (Å²) >= 11 is 11.9. The van der Waals surface area contributed by atoms with E-state index < -0.39 is 36.9 Å². The molecule has 10 heteroatoms. The molecule has 0 saturated carbocycles. The minimum atomic E-state index is -3.18. The zero-order chi connectivity index (χ0) is 17.9. The molecule has 1 aromatic rings. The molecule has 1 aliphatic heterocycles. The van der Waals surface area contributed by atoms with Crippen molar-refractivity contribution in [1.82, 2.24) is 10.2 Å². The zero-order valence-electron chi connectivity index (χ0n) is 13.1. The molecule has 0 aromatic heterocycles. The van der Waals surface area contributed by atoms with Crippen molar-refractivity contribution in [3.05, 3.63) is 33.8 Å². The second kappa shape index (κ2) is 8.98. The number of nitrogens with one attached hydrogen (secondary N) is 1. The molecule has 1 fully saturated rings. The monoisotopic (exact) mass is 415 g/mol. The van der Waals surface area contributed by atoms with Crippen molar-refractivity contribution in [2.45, 2.75) is 24.8 Å². The Bertz CT molecular complexity index is 646. The number of amides is 2. The van der Waals surface area contributed by atoms with E-state index in [2.05, 4.69) is 5.32 Å². The number of rotatable bonds is 5. The molecule has 140 valence electrons. The fourth-order valence-corrected chi connectivity index (χ4v) is 2.88. The van der Waals surface area contributed by atoms with E-state index in [1.54, 1.807) is 6.07 Å². The van der Waals surface area contributed by atoms with Crippen molar-refractivity contribution in [3.63, 3.8) is 0 Å². The van der Waals surface area contributed by atoms with E-state index in [-0.39, 0.29) is 23.0 Å². The Kier molecular flexibility index (Phi) is 7.87. The molecule has 0 bridgehead atoms. The van der Waals surface area contributed by atoms with E-state index >= 15 is 0 Å². The van der Waals surface area contributed by atoms with E-state index in [1.165, 1.54) is 17.0 Å². The normalized spacial score (nSPS) is 17.2. The molecule has 0 aliphatic carbocycles. The molecular weight excluding hydrogens is 399 g/mol. The summed E-state index contributed by atoms with van der Waals surface area (Å²) < 4.78 is 26.3. The quantitative estimate of drug-likeness (QED) is 0.775. The highest BCUT2D eigenvalue weighted by atomic mass is 35.5. The van der Waals surface area contributed by atoms with Crippen LogP contribution in [0.3, 0.4) is 0 Å². The molecule has 1 heterocycles. The van der Waals surface area contributed by atoms with Crippen LogP contribution in [0.2, 0.25) is 10.0 Å². The van der Waals surface area contributed by atoms with Gasteiger partial charge in [-0.15, -0.1) is 12.4 Å². The van der Waals surface area contributed by atoms with Gasteiger partial charge in [0.1, 0.15) is 6.04 Å². The smallest absolute Gasteiger partial charge is 0.277 e. The number of carbonyl (C=O) groups is 2. The average molecular weight is 417 g/mol. The first-order valence-corrected chi connectivity index (χ1v) is 8.12. The van der Waals surface area contributed by atoms with Crippen molar-refractivity contribution in [2.75, 3.05) is 19.6 Å². The molecule has 0 spiro atoms. The van der Waals surface area contributed by atoms with Gasteiger partial charge >= 0.3 is 0 Å². The summed E-state index contributed by atoms with van der Waals surface area (Å²) in [5.41, 5.74) is 5.11. The molecule has 1 saturated heterocycles. The van der Waals surface area contributed by atoms with Gasteiger partial charge in [-0.1, -0.05) is 23.2 Å². The Labute approximate surface area is 160 Å². The van der Waals surface area contributed by atoms with Crippen LogP contribution in [-0.2, 0) is 4.79 Å². The van der Waals surface area contributed by atoms with Crippen LogP contribution in [0.1, 0.15) is 23.2 Å². The van der Waals surface area contributed by atoms with E-state index in [0.717, 1.165) is 0 Å². The summed E-state index contributed by atoms with van der Waals surface area (Å²) in [4.78, 5) is 26.1. The zero-order valence-corrected chi connectivity index (χ0v) is 15.4. The van der Waals surface area contributed by atoms with Gasteiger partial charge in [0.2, 0.25) is 5.91 Å². The minimum absolute atomic E-state index is 0. The minimum Gasteiger partial charge on any atom is -0.348 e. The number of hydrogen-bond donors (Lipinski definition) is 2. The maximum atomic E-state index is 13.2. The van der Waals surface area contributed by atoms with Gasteiger partial charge in [-0.05, 0) is 31.0 Å². The van der Waals surface area contributed by atoms with Crippen LogP contribution in [0.25, 0.3) is 0 Å².